The van der Waals surface area contributed by atoms with Crippen molar-refractivity contribution < 1.29 is 4.79 Å². The van der Waals surface area contributed by atoms with Gasteiger partial charge in [0.2, 0.25) is 0 Å². The Morgan fingerprint density at radius 1 is 1.17 bits per heavy atom. The van der Waals surface area contributed by atoms with Crippen LogP contribution in [-0.4, -0.2) is 43.5 Å². The van der Waals surface area contributed by atoms with Gasteiger partial charge >= 0.3 is 0 Å². The lowest BCUT2D eigenvalue weighted by Gasteiger charge is -2.31. The van der Waals surface area contributed by atoms with E-state index in [1.54, 1.807) is 17.5 Å². The van der Waals surface area contributed by atoms with Crippen LogP contribution in [0.3, 0.4) is 0 Å². The van der Waals surface area contributed by atoms with Gasteiger partial charge in [-0.2, -0.15) is 5.10 Å². The average molecular weight is 404 g/mol. The molecule has 0 aliphatic carbocycles. The fourth-order valence-corrected chi connectivity index (χ4v) is 4.69. The second-order valence-corrected chi connectivity index (χ2v) is 8.72. The highest BCUT2D eigenvalue weighted by molar-refractivity contribution is 7.13. The van der Waals surface area contributed by atoms with Crippen molar-refractivity contribution in [2.45, 2.75) is 25.7 Å². The third kappa shape index (κ3) is 3.53. The van der Waals surface area contributed by atoms with Crippen LogP contribution in [-0.2, 0) is 0 Å². The Morgan fingerprint density at radius 3 is 2.90 bits per heavy atom. The second kappa shape index (κ2) is 7.40. The van der Waals surface area contributed by atoms with Crippen LogP contribution in [0.25, 0.3) is 16.8 Å². The van der Waals surface area contributed by atoms with Crippen molar-refractivity contribution >= 4 is 22.9 Å². The number of thiophene rings is 1. The molecule has 146 valence electrons. The zero-order valence-electron chi connectivity index (χ0n) is 16.2. The zero-order chi connectivity index (χ0) is 19.8. The van der Waals surface area contributed by atoms with E-state index < -0.39 is 0 Å². The predicted molar refractivity (Wildman–Crippen MR) is 113 cm³/mol. The van der Waals surface area contributed by atoms with Crippen molar-refractivity contribution in [2.24, 2.45) is 0 Å². The molecule has 1 aliphatic heterocycles. The van der Waals surface area contributed by atoms with Gasteiger partial charge < -0.3 is 4.90 Å². The van der Waals surface area contributed by atoms with E-state index in [0.29, 0.717) is 6.54 Å². The smallest absolute Gasteiger partial charge is 0.263 e. The van der Waals surface area contributed by atoms with E-state index in [9.17, 15) is 4.79 Å². The predicted octanol–water partition coefficient (Wildman–Crippen LogP) is 4.18. The van der Waals surface area contributed by atoms with Crippen LogP contribution < -0.4 is 0 Å². The van der Waals surface area contributed by atoms with Crippen molar-refractivity contribution in [2.75, 3.05) is 13.1 Å². The van der Waals surface area contributed by atoms with Crippen LogP contribution in [0.15, 0.2) is 55.0 Å². The van der Waals surface area contributed by atoms with Crippen molar-refractivity contribution in [1.29, 1.82) is 0 Å². The molecule has 1 amide bonds. The summed E-state index contributed by atoms with van der Waals surface area (Å²) in [6.07, 6.45) is 7.57. The number of aryl methyl sites for hydroxylation is 1. The highest BCUT2D eigenvalue weighted by Crippen LogP contribution is 2.28. The van der Waals surface area contributed by atoms with E-state index in [0.717, 1.165) is 51.7 Å². The molecule has 1 fully saturated rings. The molecule has 4 aromatic heterocycles. The Hall–Kier alpha value is -3.06. The lowest BCUT2D eigenvalue weighted by molar-refractivity contribution is 0.0709. The Kier molecular flexibility index (Phi) is 4.60. The van der Waals surface area contributed by atoms with E-state index in [1.807, 2.05) is 65.1 Å². The number of likely N-dealkylation sites (tertiary alicyclic amines) is 1. The molecule has 0 unspecified atom stereocenters. The van der Waals surface area contributed by atoms with Gasteiger partial charge in [0.05, 0.1) is 4.88 Å². The molecule has 0 saturated carbocycles. The molecule has 5 heterocycles. The van der Waals surface area contributed by atoms with Crippen LogP contribution in [0.2, 0.25) is 0 Å². The summed E-state index contributed by atoms with van der Waals surface area (Å²) in [5.74, 6) is 1.10. The Labute approximate surface area is 172 Å². The summed E-state index contributed by atoms with van der Waals surface area (Å²) < 4.78 is 1.83. The number of amides is 1. The number of hydrogen-bond acceptors (Lipinski definition) is 5. The van der Waals surface area contributed by atoms with E-state index in [4.69, 9.17) is 10.1 Å². The molecule has 1 atom stereocenters. The van der Waals surface area contributed by atoms with Gasteiger partial charge in [0, 0.05) is 53.6 Å². The zero-order valence-corrected chi connectivity index (χ0v) is 17.0. The number of piperidine rings is 1. The molecular weight excluding hydrogens is 382 g/mol. The topological polar surface area (TPSA) is 63.4 Å². The maximum Gasteiger partial charge on any atom is 0.263 e. The maximum atomic E-state index is 12.8. The van der Waals surface area contributed by atoms with Gasteiger partial charge in [0.15, 0.2) is 11.5 Å². The van der Waals surface area contributed by atoms with Crippen LogP contribution in [0.5, 0.6) is 0 Å². The first-order valence-electron chi connectivity index (χ1n) is 9.80. The monoisotopic (exact) mass is 403 g/mol. The second-order valence-electron chi connectivity index (χ2n) is 7.43. The van der Waals surface area contributed by atoms with E-state index in [1.165, 1.54) is 0 Å². The summed E-state index contributed by atoms with van der Waals surface area (Å²) in [5, 5.41) is 4.74. The highest BCUT2D eigenvalue weighted by Gasteiger charge is 2.28. The summed E-state index contributed by atoms with van der Waals surface area (Å²) in [6, 6.07) is 11.9. The first-order valence-corrected chi connectivity index (χ1v) is 10.6. The normalized spacial score (nSPS) is 17.0. The maximum absolute atomic E-state index is 12.8. The molecule has 1 aliphatic rings. The number of nitrogens with zero attached hydrogens (tertiary/aromatic N) is 5. The lowest BCUT2D eigenvalue weighted by atomic mass is 9.97. The number of carbonyl (C=O) groups excluding carboxylic acids is 1. The van der Waals surface area contributed by atoms with Gasteiger partial charge in [-0.15, -0.1) is 11.3 Å². The standard InChI is InChI=1S/C22H21N5OS/c1-15-6-8-19(29-15)22(28)26-11-3-5-18(13-26)21-24-20-9-7-17(14-27(20)25-21)16-4-2-10-23-12-16/h2,4,6-10,12,14,18H,3,5,11,13H2,1H3/t18-/m0/s1. The number of hydrogen-bond donors (Lipinski definition) is 0. The molecular formula is C22H21N5OS. The van der Waals surface area contributed by atoms with Crippen LogP contribution in [0.4, 0.5) is 0 Å². The first-order chi connectivity index (χ1) is 14.2. The van der Waals surface area contributed by atoms with E-state index in [-0.39, 0.29) is 11.8 Å². The third-order valence-electron chi connectivity index (χ3n) is 5.37. The molecule has 29 heavy (non-hydrogen) atoms. The fourth-order valence-electron chi connectivity index (χ4n) is 3.86. The molecule has 0 radical (unpaired) electrons. The summed E-state index contributed by atoms with van der Waals surface area (Å²) in [6.45, 7) is 3.49. The van der Waals surface area contributed by atoms with Crippen molar-refractivity contribution in [3.05, 3.63) is 70.6 Å². The van der Waals surface area contributed by atoms with E-state index in [2.05, 4.69) is 4.98 Å². The highest BCUT2D eigenvalue weighted by atomic mass is 32.1. The first kappa shape index (κ1) is 18.0. The van der Waals surface area contributed by atoms with Crippen molar-refractivity contribution in [3.8, 4) is 11.1 Å². The molecule has 0 bridgehead atoms. The summed E-state index contributed by atoms with van der Waals surface area (Å²) >= 11 is 1.56. The Bertz CT molecular complexity index is 1170. The SMILES string of the molecule is Cc1ccc(C(=O)N2CCC[C@H](c3nc4ccc(-c5cccnc5)cn4n3)C2)s1. The largest absolute Gasteiger partial charge is 0.337 e. The molecule has 0 aromatic carbocycles. The van der Waals surface area contributed by atoms with Gasteiger partial charge in [-0.3, -0.25) is 9.78 Å². The Morgan fingerprint density at radius 2 is 2.10 bits per heavy atom. The summed E-state index contributed by atoms with van der Waals surface area (Å²) in [5.41, 5.74) is 2.92. The van der Waals surface area contributed by atoms with Gasteiger partial charge in [-0.25, -0.2) is 9.50 Å². The van der Waals surface area contributed by atoms with Gasteiger partial charge in [-0.05, 0) is 50.1 Å². The molecule has 0 N–H and O–H groups in total. The van der Waals surface area contributed by atoms with Crippen LogP contribution in [0, 0.1) is 6.92 Å². The number of rotatable bonds is 3. The van der Waals surface area contributed by atoms with Crippen LogP contribution >= 0.6 is 11.3 Å². The lowest BCUT2D eigenvalue weighted by Crippen LogP contribution is -2.39. The van der Waals surface area contributed by atoms with Gasteiger partial charge in [0.1, 0.15) is 0 Å². The van der Waals surface area contributed by atoms with Gasteiger partial charge in [-0.1, -0.05) is 6.07 Å². The third-order valence-corrected chi connectivity index (χ3v) is 6.36. The molecule has 0 spiro atoms. The Balaban J connectivity index is 1.39. The number of pyridine rings is 2. The van der Waals surface area contributed by atoms with Crippen LogP contribution in [0.1, 0.15) is 39.1 Å². The number of aromatic nitrogens is 4. The minimum atomic E-state index is 0.121. The quantitative estimate of drug-likeness (QED) is 0.515. The molecule has 7 heteroatoms. The number of fused-ring (bicyclic) bond motifs is 1. The minimum Gasteiger partial charge on any atom is -0.337 e. The van der Waals surface area contributed by atoms with Gasteiger partial charge in [0.25, 0.3) is 5.91 Å². The summed E-state index contributed by atoms with van der Waals surface area (Å²) in [4.78, 5) is 25.7. The van der Waals surface area contributed by atoms with Crippen molar-refractivity contribution in [3.63, 3.8) is 0 Å². The minimum absolute atomic E-state index is 0.121. The van der Waals surface area contributed by atoms with E-state index >= 15 is 0 Å². The fraction of sp³-hybridized carbons (Fsp3) is 0.273. The molecule has 4 aromatic rings. The molecule has 5 rings (SSSR count). The average Bonchev–Trinajstić information content (AvgIpc) is 3.39. The van der Waals surface area contributed by atoms with Crippen molar-refractivity contribution in [1.82, 2.24) is 24.5 Å². The number of carbonyl (C=O) groups is 1. The summed E-state index contributed by atoms with van der Waals surface area (Å²) in [7, 11) is 0. The molecule has 6 nitrogen and oxygen atoms in total. The molecule has 1 saturated heterocycles.